The lowest BCUT2D eigenvalue weighted by molar-refractivity contribution is -0.148. The van der Waals surface area contributed by atoms with Crippen LogP contribution in [-0.4, -0.2) is 39.8 Å². The lowest BCUT2D eigenvalue weighted by Crippen LogP contribution is -2.34. The second-order valence-corrected chi connectivity index (χ2v) is 7.41. The second kappa shape index (κ2) is 10.7. The number of amides is 1. The normalized spacial score (nSPS) is 14.9. The van der Waals surface area contributed by atoms with E-state index in [-0.39, 0.29) is 25.0 Å². The number of methoxy groups -OCH3 is 3. The molecule has 1 aliphatic rings. The van der Waals surface area contributed by atoms with E-state index in [9.17, 15) is 9.59 Å². The van der Waals surface area contributed by atoms with Gasteiger partial charge in [0.25, 0.3) is 5.91 Å². The molecule has 0 saturated heterocycles. The highest BCUT2D eigenvalue weighted by Crippen LogP contribution is 2.38. The average Bonchev–Trinajstić information content (AvgIpc) is 2.80. The maximum absolute atomic E-state index is 12.3. The van der Waals surface area contributed by atoms with Crippen LogP contribution in [0.4, 0.5) is 0 Å². The topological polar surface area (TPSA) is 83.1 Å². The average molecular weight is 427 g/mol. The van der Waals surface area contributed by atoms with Crippen LogP contribution in [0.2, 0.25) is 0 Å². The third kappa shape index (κ3) is 5.69. The summed E-state index contributed by atoms with van der Waals surface area (Å²) >= 11 is 0. The summed E-state index contributed by atoms with van der Waals surface area (Å²) in [6.45, 7) is -0.285. The summed E-state index contributed by atoms with van der Waals surface area (Å²) in [5.74, 6) is 0.822. The molecule has 1 aliphatic carbocycles. The fourth-order valence-corrected chi connectivity index (χ4v) is 3.88. The molecule has 0 heterocycles. The molecular weight excluding hydrogens is 398 g/mol. The number of rotatable bonds is 9. The molecule has 1 atom stereocenters. The quantitative estimate of drug-likeness (QED) is 0.618. The highest BCUT2D eigenvalue weighted by atomic mass is 16.5. The van der Waals surface area contributed by atoms with Crippen molar-refractivity contribution in [1.29, 1.82) is 0 Å². The van der Waals surface area contributed by atoms with E-state index in [2.05, 4.69) is 11.4 Å². The Morgan fingerprint density at radius 3 is 2.42 bits per heavy atom. The molecule has 2 aromatic carbocycles. The zero-order chi connectivity index (χ0) is 22.2. The standard InChI is InChI=1S/C24H29NO6/c1-28-20-13-16(14-21(29-2)24(20)30-3)11-12-23(27)31-15-22(26)25-19-10-6-8-17-7-4-5-9-18(17)19/h4-5,7,9,13-14,19H,6,8,10-12,15H2,1-3H3,(H,25,26)/t19-/m0/s1. The molecule has 7 nitrogen and oxygen atoms in total. The molecule has 1 N–H and O–H groups in total. The van der Waals surface area contributed by atoms with Crippen LogP contribution in [0, 0.1) is 0 Å². The molecule has 0 spiro atoms. The van der Waals surface area contributed by atoms with Gasteiger partial charge in [-0.1, -0.05) is 24.3 Å². The fraction of sp³-hybridized carbons (Fsp3) is 0.417. The highest BCUT2D eigenvalue weighted by Gasteiger charge is 2.22. The smallest absolute Gasteiger partial charge is 0.306 e. The van der Waals surface area contributed by atoms with Gasteiger partial charge in [0.05, 0.1) is 27.4 Å². The molecule has 166 valence electrons. The first-order chi connectivity index (χ1) is 15.0. The first-order valence-electron chi connectivity index (χ1n) is 10.4. The van der Waals surface area contributed by atoms with E-state index in [1.807, 2.05) is 18.2 Å². The summed E-state index contributed by atoms with van der Waals surface area (Å²) in [5, 5.41) is 2.98. The third-order valence-corrected chi connectivity index (χ3v) is 5.41. The van der Waals surface area contributed by atoms with Crippen molar-refractivity contribution < 1.29 is 28.5 Å². The zero-order valence-electron chi connectivity index (χ0n) is 18.2. The fourth-order valence-electron chi connectivity index (χ4n) is 3.88. The van der Waals surface area contributed by atoms with E-state index in [0.717, 1.165) is 30.4 Å². The molecule has 0 fully saturated rings. The van der Waals surface area contributed by atoms with Crippen molar-refractivity contribution in [2.75, 3.05) is 27.9 Å². The third-order valence-electron chi connectivity index (χ3n) is 5.41. The van der Waals surface area contributed by atoms with Gasteiger partial charge in [-0.25, -0.2) is 0 Å². The van der Waals surface area contributed by atoms with Crippen molar-refractivity contribution in [3.8, 4) is 17.2 Å². The summed E-state index contributed by atoms with van der Waals surface area (Å²) in [6.07, 6.45) is 3.50. The van der Waals surface area contributed by atoms with Gasteiger partial charge in [-0.15, -0.1) is 0 Å². The first-order valence-corrected chi connectivity index (χ1v) is 10.4. The monoisotopic (exact) mass is 427 g/mol. The van der Waals surface area contributed by atoms with Crippen molar-refractivity contribution in [2.45, 2.75) is 38.1 Å². The summed E-state index contributed by atoms with van der Waals surface area (Å²) in [5.41, 5.74) is 3.26. The van der Waals surface area contributed by atoms with Crippen LogP contribution < -0.4 is 19.5 Å². The van der Waals surface area contributed by atoms with Crippen LogP contribution in [0.25, 0.3) is 0 Å². The highest BCUT2D eigenvalue weighted by molar-refractivity contribution is 5.81. The number of fused-ring (bicyclic) bond motifs is 1. The number of benzene rings is 2. The van der Waals surface area contributed by atoms with Gasteiger partial charge in [-0.05, 0) is 54.5 Å². The van der Waals surface area contributed by atoms with E-state index in [1.54, 1.807) is 26.4 Å². The summed E-state index contributed by atoms with van der Waals surface area (Å²) in [6, 6.07) is 11.7. The number of hydrogen-bond donors (Lipinski definition) is 1. The van der Waals surface area contributed by atoms with E-state index in [1.165, 1.54) is 12.7 Å². The van der Waals surface area contributed by atoms with Crippen molar-refractivity contribution >= 4 is 11.9 Å². The molecule has 3 rings (SSSR count). The molecule has 1 amide bonds. The summed E-state index contributed by atoms with van der Waals surface area (Å²) < 4.78 is 21.1. The Labute approximate surface area is 182 Å². The Morgan fingerprint density at radius 1 is 1.03 bits per heavy atom. The number of carbonyl (C=O) groups excluding carboxylic acids is 2. The zero-order valence-corrected chi connectivity index (χ0v) is 18.2. The molecule has 0 saturated carbocycles. The lowest BCUT2D eigenvalue weighted by atomic mass is 9.88. The molecule has 0 radical (unpaired) electrons. The Kier molecular flexibility index (Phi) is 7.76. The Hall–Kier alpha value is -3.22. The number of hydrogen-bond acceptors (Lipinski definition) is 6. The Morgan fingerprint density at radius 2 is 1.74 bits per heavy atom. The minimum Gasteiger partial charge on any atom is -0.493 e. The summed E-state index contributed by atoms with van der Waals surface area (Å²) in [7, 11) is 4.62. The number of nitrogens with one attached hydrogen (secondary N) is 1. The molecule has 0 unspecified atom stereocenters. The molecule has 0 aliphatic heterocycles. The molecule has 0 aromatic heterocycles. The predicted octanol–water partition coefficient (Wildman–Crippen LogP) is 3.38. The minimum absolute atomic E-state index is 0.0321. The van der Waals surface area contributed by atoms with Crippen molar-refractivity contribution in [1.82, 2.24) is 5.32 Å². The van der Waals surface area contributed by atoms with Crippen molar-refractivity contribution in [3.05, 3.63) is 53.1 Å². The molecule has 31 heavy (non-hydrogen) atoms. The number of ether oxygens (including phenoxy) is 4. The molecule has 7 heteroatoms. The Bertz CT molecular complexity index is 901. The molecular formula is C24H29NO6. The second-order valence-electron chi connectivity index (χ2n) is 7.41. The van der Waals surface area contributed by atoms with E-state index < -0.39 is 5.97 Å². The maximum atomic E-state index is 12.3. The predicted molar refractivity (Wildman–Crippen MR) is 116 cm³/mol. The van der Waals surface area contributed by atoms with Gasteiger partial charge in [-0.2, -0.15) is 0 Å². The van der Waals surface area contributed by atoms with E-state index in [0.29, 0.717) is 23.7 Å². The van der Waals surface area contributed by atoms with Gasteiger partial charge in [0.2, 0.25) is 5.75 Å². The van der Waals surface area contributed by atoms with E-state index in [4.69, 9.17) is 18.9 Å². The number of carbonyl (C=O) groups is 2. The van der Waals surface area contributed by atoms with E-state index >= 15 is 0 Å². The van der Waals surface area contributed by atoms with Crippen LogP contribution in [0.5, 0.6) is 17.2 Å². The maximum Gasteiger partial charge on any atom is 0.306 e. The van der Waals surface area contributed by atoms with Crippen molar-refractivity contribution in [3.63, 3.8) is 0 Å². The van der Waals surface area contributed by atoms with Gasteiger partial charge in [-0.3, -0.25) is 9.59 Å². The van der Waals surface area contributed by atoms with Crippen LogP contribution in [0.3, 0.4) is 0 Å². The van der Waals surface area contributed by atoms with Crippen LogP contribution >= 0.6 is 0 Å². The first kappa shape index (κ1) is 22.5. The van der Waals surface area contributed by atoms with Crippen LogP contribution in [0.1, 0.15) is 42.0 Å². The number of aryl methyl sites for hydroxylation is 2. The van der Waals surface area contributed by atoms with Crippen LogP contribution in [-0.2, 0) is 27.2 Å². The van der Waals surface area contributed by atoms with Gasteiger partial charge in [0.15, 0.2) is 18.1 Å². The van der Waals surface area contributed by atoms with Gasteiger partial charge in [0, 0.05) is 6.42 Å². The minimum atomic E-state index is -0.437. The molecule has 2 aromatic rings. The van der Waals surface area contributed by atoms with Gasteiger partial charge >= 0.3 is 5.97 Å². The number of esters is 1. The van der Waals surface area contributed by atoms with Gasteiger partial charge in [0.1, 0.15) is 0 Å². The SMILES string of the molecule is COc1cc(CCC(=O)OCC(=O)N[C@H]2CCCc3ccccc32)cc(OC)c1OC. The van der Waals surface area contributed by atoms with Gasteiger partial charge < -0.3 is 24.3 Å². The largest absolute Gasteiger partial charge is 0.493 e. The Balaban J connectivity index is 1.49. The van der Waals surface area contributed by atoms with Crippen molar-refractivity contribution in [2.24, 2.45) is 0 Å². The lowest BCUT2D eigenvalue weighted by Gasteiger charge is -2.26. The summed E-state index contributed by atoms with van der Waals surface area (Å²) in [4.78, 5) is 24.5. The van der Waals surface area contributed by atoms with Crippen LogP contribution in [0.15, 0.2) is 36.4 Å². The molecule has 0 bridgehead atoms.